The second-order valence-electron chi connectivity index (χ2n) is 8.47. The molecule has 1 saturated heterocycles. The van der Waals surface area contributed by atoms with Gasteiger partial charge in [-0.1, -0.05) is 17.1 Å². The van der Waals surface area contributed by atoms with Crippen LogP contribution in [0.5, 0.6) is 0 Å². The van der Waals surface area contributed by atoms with Crippen molar-refractivity contribution in [3.63, 3.8) is 0 Å². The highest BCUT2D eigenvalue weighted by Gasteiger charge is 2.31. The minimum Gasteiger partial charge on any atom is -0.375 e. The monoisotopic (exact) mass is 465 g/mol. The van der Waals surface area contributed by atoms with Crippen LogP contribution >= 0.6 is 0 Å². The van der Waals surface area contributed by atoms with Gasteiger partial charge in [-0.2, -0.15) is 0 Å². The summed E-state index contributed by atoms with van der Waals surface area (Å²) in [5.41, 5.74) is 8.79. The number of ether oxygens (including phenoxy) is 1. The highest BCUT2D eigenvalue weighted by molar-refractivity contribution is 7.91. The largest absolute Gasteiger partial charge is 0.375 e. The lowest BCUT2D eigenvalue weighted by molar-refractivity contribution is -0.667. The van der Waals surface area contributed by atoms with Gasteiger partial charge in [0.1, 0.15) is 10.3 Å². The van der Waals surface area contributed by atoms with E-state index in [0.29, 0.717) is 24.4 Å². The Hall–Kier alpha value is -3.30. The van der Waals surface area contributed by atoms with Crippen LogP contribution in [0.25, 0.3) is 16.7 Å². The van der Waals surface area contributed by atoms with Gasteiger partial charge in [-0.15, -0.1) is 0 Å². The highest BCUT2D eigenvalue weighted by Crippen LogP contribution is 2.28. The number of nitrogens with zero attached hydrogens (tertiary/aromatic N) is 3. The van der Waals surface area contributed by atoms with Gasteiger partial charge in [0.05, 0.1) is 17.5 Å². The topological polar surface area (TPSA) is 108 Å². The molecule has 8 nitrogen and oxygen atoms in total. The van der Waals surface area contributed by atoms with E-state index in [2.05, 4.69) is 4.98 Å². The molecular weight excluding hydrogens is 440 g/mol. The Morgan fingerprint density at radius 1 is 1.18 bits per heavy atom. The van der Waals surface area contributed by atoms with Gasteiger partial charge in [-0.05, 0) is 68.1 Å². The van der Waals surface area contributed by atoms with Gasteiger partial charge in [0.2, 0.25) is 21.3 Å². The third-order valence-electron chi connectivity index (χ3n) is 6.31. The van der Waals surface area contributed by atoms with Gasteiger partial charge in [0.25, 0.3) is 11.2 Å². The van der Waals surface area contributed by atoms with Crippen molar-refractivity contribution in [1.29, 1.82) is 0 Å². The summed E-state index contributed by atoms with van der Waals surface area (Å²) in [7, 11) is -3.99. The SMILES string of the molecule is Cc1ccc(S(=O)(=O)c2cc3c(=O)n4ccccc4nc3[n+](CC3CCCO3)c2N)cc1C. The van der Waals surface area contributed by atoms with E-state index < -0.39 is 9.84 Å². The maximum atomic E-state index is 13.7. The normalized spacial score (nSPS) is 16.6. The van der Waals surface area contributed by atoms with E-state index in [1.807, 2.05) is 13.8 Å². The molecule has 4 heterocycles. The molecule has 1 aliphatic rings. The Balaban J connectivity index is 1.83. The summed E-state index contributed by atoms with van der Waals surface area (Å²) in [6.07, 6.45) is 3.23. The molecule has 1 fully saturated rings. The molecule has 0 spiro atoms. The first kappa shape index (κ1) is 21.5. The number of sulfone groups is 1. The van der Waals surface area contributed by atoms with Gasteiger partial charge >= 0.3 is 0 Å². The van der Waals surface area contributed by atoms with E-state index in [-0.39, 0.29) is 32.7 Å². The molecule has 170 valence electrons. The average Bonchev–Trinajstić information content (AvgIpc) is 3.31. The number of anilines is 1. The molecule has 1 atom stereocenters. The maximum absolute atomic E-state index is 13.7. The van der Waals surface area contributed by atoms with E-state index in [1.165, 1.54) is 10.5 Å². The minimum atomic E-state index is -3.99. The quantitative estimate of drug-likeness (QED) is 0.366. The van der Waals surface area contributed by atoms with Gasteiger partial charge in [0.15, 0.2) is 0 Å². The Morgan fingerprint density at radius 3 is 2.73 bits per heavy atom. The van der Waals surface area contributed by atoms with E-state index in [1.54, 1.807) is 47.2 Å². The standard InChI is InChI=1S/C24H24N4O4S/c1-15-8-9-18(12-16(15)2)33(30,31)20-13-19-23(26-21-7-3-4-10-27(21)24(19)29)28(22(20)25)14-17-6-5-11-32-17/h3-4,7-10,12-13,17,25H,5-6,11,14H2,1-2H3/p+1. The second kappa shape index (κ2) is 7.93. The van der Waals surface area contributed by atoms with Gasteiger partial charge in [0, 0.05) is 12.8 Å². The van der Waals surface area contributed by atoms with Gasteiger partial charge in [-0.3, -0.25) is 9.20 Å². The Kier molecular flexibility index (Phi) is 5.18. The van der Waals surface area contributed by atoms with Crippen molar-refractivity contribution < 1.29 is 17.7 Å². The average molecular weight is 466 g/mol. The number of hydrogen-bond donors (Lipinski definition) is 1. The molecule has 9 heteroatoms. The van der Waals surface area contributed by atoms with Crippen LogP contribution in [0.15, 0.2) is 63.2 Å². The molecule has 4 aromatic rings. The number of aromatic nitrogens is 3. The predicted molar refractivity (Wildman–Crippen MR) is 124 cm³/mol. The molecule has 33 heavy (non-hydrogen) atoms. The molecule has 1 aliphatic heterocycles. The number of nitrogens with two attached hydrogens (primary N) is 1. The third kappa shape index (κ3) is 3.57. The number of benzene rings is 1. The zero-order valence-corrected chi connectivity index (χ0v) is 19.3. The molecule has 5 rings (SSSR count). The summed E-state index contributed by atoms with van der Waals surface area (Å²) in [5.74, 6) is 0.0448. The van der Waals surface area contributed by atoms with Crippen LogP contribution in [-0.2, 0) is 21.1 Å². The molecule has 2 N–H and O–H groups in total. The van der Waals surface area contributed by atoms with Crippen molar-refractivity contribution in [2.24, 2.45) is 0 Å². The van der Waals surface area contributed by atoms with E-state index in [0.717, 1.165) is 24.0 Å². The van der Waals surface area contributed by atoms with Crippen LogP contribution in [-0.4, -0.2) is 30.5 Å². The molecule has 0 aliphatic carbocycles. The molecule has 0 bridgehead atoms. The van der Waals surface area contributed by atoms with Gasteiger partial charge < -0.3 is 10.5 Å². The fourth-order valence-corrected chi connectivity index (χ4v) is 5.77. The van der Waals surface area contributed by atoms with Crippen molar-refractivity contribution in [2.45, 2.75) is 49.1 Å². The van der Waals surface area contributed by atoms with E-state index in [9.17, 15) is 13.2 Å². The molecule has 1 aromatic carbocycles. The molecule has 3 aromatic heterocycles. The molecule has 0 radical (unpaired) electrons. The van der Waals surface area contributed by atoms with Crippen LogP contribution < -0.4 is 15.9 Å². The number of rotatable bonds is 4. The summed E-state index contributed by atoms with van der Waals surface area (Å²) in [4.78, 5) is 18.0. The Morgan fingerprint density at radius 2 is 2.00 bits per heavy atom. The fourth-order valence-electron chi connectivity index (χ4n) is 4.28. The van der Waals surface area contributed by atoms with Crippen LogP contribution in [0.4, 0.5) is 5.82 Å². The number of fused-ring (bicyclic) bond motifs is 2. The summed E-state index contributed by atoms with van der Waals surface area (Å²) >= 11 is 0. The molecular formula is C24H25N4O4S+. The summed E-state index contributed by atoms with van der Waals surface area (Å²) in [5, 5.41) is 0.188. The van der Waals surface area contributed by atoms with Crippen LogP contribution in [0.2, 0.25) is 0 Å². The molecule has 0 amide bonds. The minimum absolute atomic E-state index is 0.0448. The van der Waals surface area contributed by atoms with Crippen LogP contribution in [0.1, 0.15) is 24.0 Å². The highest BCUT2D eigenvalue weighted by atomic mass is 32.2. The van der Waals surface area contributed by atoms with Crippen molar-refractivity contribution in [1.82, 2.24) is 9.38 Å². The predicted octanol–water partition coefficient (Wildman–Crippen LogP) is 2.35. The first-order valence-electron chi connectivity index (χ1n) is 10.8. The first-order valence-corrected chi connectivity index (χ1v) is 12.3. The Bertz CT molecular complexity index is 1570. The Labute approximate surface area is 191 Å². The third-order valence-corrected chi connectivity index (χ3v) is 8.09. The van der Waals surface area contributed by atoms with Crippen molar-refractivity contribution >= 4 is 32.3 Å². The zero-order chi connectivity index (χ0) is 23.3. The fraction of sp³-hybridized carbons (Fsp3) is 0.292. The van der Waals surface area contributed by atoms with Crippen molar-refractivity contribution in [3.05, 3.63) is 70.1 Å². The lowest BCUT2D eigenvalue weighted by atomic mass is 10.1. The second-order valence-corrected chi connectivity index (χ2v) is 10.4. The first-order chi connectivity index (χ1) is 15.8. The van der Waals surface area contributed by atoms with Gasteiger partial charge in [-0.25, -0.2) is 13.0 Å². The summed E-state index contributed by atoms with van der Waals surface area (Å²) in [6, 6.07) is 11.6. The number of aryl methyl sites for hydroxylation is 2. The van der Waals surface area contributed by atoms with Crippen molar-refractivity contribution in [2.75, 3.05) is 12.3 Å². The molecule has 1 unspecified atom stereocenters. The zero-order valence-electron chi connectivity index (χ0n) is 18.5. The smallest absolute Gasteiger partial charge is 0.278 e. The lowest BCUT2D eigenvalue weighted by Gasteiger charge is -2.15. The van der Waals surface area contributed by atoms with Crippen LogP contribution in [0.3, 0.4) is 0 Å². The number of hydrogen-bond acceptors (Lipinski definition) is 6. The van der Waals surface area contributed by atoms with E-state index >= 15 is 0 Å². The maximum Gasteiger partial charge on any atom is 0.278 e. The number of nitrogen functional groups attached to an aromatic ring is 1. The van der Waals surface area contributed by atoms with Crippen molar-refractivity contribution in [3.8, 4) is 0 Å². The summed E-state index contributed by atoms with van der Waals surface area (Å²) < 4.78 is 36.1. The molecule has 0 saturated carbocycles. The van der Waals surface area contributed by atoms with E-state index in [4.69, 9.17) is 10.5 Å². The summed E-state index contributed by atoms with van der Waals surface area (Å²) in [6.45, 7) is 4.73. The number of pyridine rings is 2. The van der Waals surface area contributed by atoms with Crippen LogP contribution in [0, 0.1) is 13.8 Å². The lowest BCUT2D eigenvalue weighted by Crippen LogP contribution is -2.45.